The summed E-state index contributed by atoms with van der Waals surface area (Å²) in [6, 6.07) is 2.88. The number of azo groups is 1. The van der Waals surface area contributed by atoms with Gasteiger partial charge in [0.1, 0.15) is 5.69 Å². The smallest absolute Gasteiger partial charge is 0.457 e. The first-order chi connectivity index (χ1) is 16.3. The molecule has 1 atom stereocenters. The summed E-state index contributed by atoms with van der Waals surface area (Å²) >= 11 is 0.785. The van der Waals surface area contributed by atoms with Gasteiger partial charge in [-0.15, -0.1) is 20.4 Å². The number of sulfonamides is 1. The molecule has 1 N–H and O–H groups in total. The minimum absolute atomic E-state index is 0.0450. The van der Waals surface area contributed by atoms with Crippen molar-refractivity contribution in [3.8, 4) is 0 Å². The zero-order valence-electron chi connectivity index (χ0n) is 19.5. The molecule has 0 radical (unpaired) electrons. The first kappa shape index (κ1) is 26.8. The third kappa shape index (κ3) is 6.25. The van der Waals surface area contributed by atoms with Gasteiger partial charge in [-0.2, -0.15) is 21.6 Å². The van der Waals surface area contributed by atoms with Crippen LogP contribution in [0.5, 0.6) is 0 Å². The molecule has 1 aromatic carbocycles. The number of nitrogens with zero attached hydrogens (tertiary/aromatic N) is 5. The van der Waals surface area contributed by atoms with Crippen molar-refractivity contribution < 1.29 is 31.1 Å². The van der Waals surface area contributed by atoms with Crippen LogP contribution in [0.4, 0.5) is 35.4 Å². The molecule has 0 fully saturated rings. The maximum absolute atomic E-state index is 13.1. The number of rotatable bonds is 8. The van der Waals surface area contributed by atoms with Crippen molar-refractivity contribution in [2.45, 2.75) is 64.6 Å². The number of esters is 1. The van der Waals surface area contributed by atoms with Crippen LogP contribution in [0.1, 0.15) is 55.9 Å². The summed E-state index contributed by atoms with van der Waals surface area (Å²) in [5.41, 5.74) is -4.60. The van der Waals surface area contributed by atoms with E-state index in [1.165, 1.54) is 12.1 Å². The van der Waals surface area contributed by atoms with Crippen molar-refractivity contribution in [1.82, 2.24) is 10.2 Å². The first-order valence-corrected chi connectivity index (χ1v) is 13.1. The summed E-state index contributed by atoms with van der Waals surface area (Å²) in [6.45, 7) is 8.11. The number of aryl methyl sites for hydroxylation is 1. The highest BCUT2D eigenvalue weighted by Gasteiger charge is 2.46. The molecule has 1 unspecified atom stereocenters. The molecule has 15 heteroatoms. The molecule has 0 amide bonds. The van der Waals surface area contributed by atoms with Crippen molar-refractivity contribution in [3.05, 3.63) is 22.7 Å². The number of benzene rings is 1. The van der Waals surface area contributed by atoms with E-state index >= 15 is 0 Å². The lowest BCUT2D eigenvalue weighted by atomic mass is 9.99. The molecule has 3 rings (SSSR count). The lowest BCUT2D eigenvalue weighted by Gasteiger charge is -2.35. The number of anilines is 2. The van der Waals surface area contributed by atoms with Gasteiger partial charge in [-0.25, -0.2) is 4.79 Å². The fourth-order valence-corrected chi connectivity index (χ4v) is 4.42. The predicted molar refractivity (Wildman–Crippen MR) is 125 cm³/mol. The summed E-state index contributed by atoms with van der Waals surface area (Å²) in [7, 11) is -5.70. The number of hydrogen-bond donors (Lipinski definition) is 1. The molecule has 0 aliphatic carbocycles. The Kier molecular flexibility index (Phi) is 7.99. The second-order valence-electron chi connectivity index (χ2n) is 8.15. The van der Waals surface area contributed by atoms with Crippen LogP contribution < -0.4 is 9.62 Å². The van der Waals surface area contributed by atoms with Gasteiger partial charge >= 0.3 is 21.5 Å². The molecule has 10 nitrogen and oxygen atoms in total. The number of alkyl halides is 3. The molecule has 0 spiro atoms. The Morgan fingerprint density at radius 3 is 2.60 bits per heavy atom. The van der Waals surface area contributed by atoms with Crippen LogP contribution in [0.25, 0.3) is 0 Å². The summed E-state index contributed by atoms with van der Waals surface area (Å²) in [5.74, 6) is -0.681. The zero-order valence-corrected chi connectivity index (χ0v) is 21.1. The van der Waals surface area contributed by atoms with E-state index in [1.807, 2.05) is 25.7 Å². The van der Waals surface area contributed by atoms with Crippen LogP contribution in [-0.2, 0) is 21.2 Å². The Morgan fingerprint density at radius 1 is 1.26 bits per heavy atom. The van der Waals surface area contributed by atoms with E-state index in [2.05, 4.69) is 20.4 Å². The number of hydrogen-bond acceptors (Lipinski definition) is 10. The third-order valence-corrected chi connectivity index (χ3v) is 7.12. The molecule has 1 aliphatic heterocycles. The van der Waals surface area contributed by atoms with E-state index in [4.69, 9.17) is 4.74 Å². The number of aromatic nitrogens is 2. The van der Waals surface area contributed by atoms with E-state index in [1.54, 1.807) is 11.6 Å². The van der Waals surface area contributed by atoms with Gasteiger partial charge in [-0.3, -0.25) is 4.72 Å². The van der Waals surface area contributed by atoms with Crippen LogP contribution in [-0.4, -0.2) is 48.8 Å². The minimum atomic E-state index is -5.70. The molecule has 2 heterocycles. The third-order valence-electron chi connectivity index (χ3n) is 5.24. The lowest BCUT2D eigenvalue weighted by Crippen LogP contribution is -2.35. The molecule has 0 bridgehead atoms. The van der Waals surface area contributed by atoms with E-state index < -0.39 is 21.5 Å². The molecule has 1 aromatic heterocycles. The van der Waals surface area contributed by atoms with Gasteiger partial charge in [-0.1, -0.05) is 18.3 Å². The lowest BCUT2D eigenvalue weighted by molar-refractivity contribution is -0.0429. The molecule has 192 valence electrons. The first-order valence-electron chi connectivity index (χ1n) is 10.8. The topological polar surface area (TPSA) is 126 Å². The van der Waals surface area contributed by atoms with Crippen molar-refractivity contribution in [2.24, 2.45) is 10.2 Å². The number of carbonyl (C=O) groups excluding carboxylic acids is 1. The SMILES string of the molecule is CCC(C)OC(=O)c1nnc(N=Nc2cc3c(cc2NS(=O)(=O)C(F)(F)F)N(C(C)C)CCC3)s1. The Balaban J connectivity index is 1.98. The van der Waals surface area contributed by atoms with Gasteiger partial charge in [0.15, 0.2) is 0 Å². The van der Waals surface area contributed by atoms with Crippen molar-refractivity contribution in [3.63, 3.8) is 0 Å². The van der Waals surface area contributed by atoms with Gasteiger partial charge in [0, 0.05) is 18.3 Å². The van der Waals surface area contributed by atoms with Crippen LogP contribution in [0, 0.1) is 0 Å². The highest BCUT2D eigenvalue weighted by Crippen LogP contribution is 2.40. The van der Waals surface area contributed by atoms with Gasteiger partial charge < -0.3 is 9.64 Å². The fourth-order valence-electron chi connectivity index (χ4n) is 3.30. The Morgan fingerprint density at radius 2 is 1.97 bits per heavy atom. The van der Waals surface area contributed by atoms with E-state index in [-0.39, 0.29) is 33.7 Å². The molecular weight excluding hydrogens is 509 g/mol. The van der Waals surface area contributed by atoms with E-state index in [9.17, 15) is 26.4 Å². The number of nitrogens with one attached hydrogen (secondary N) is 1. The quantitative estimate of drug-likeness (QED) is 0.358. The molecule has 0 saturated heterocycles. The Hall–Kier alpha value is -2.81. The molecule has 0 saturated carbocycles. The van der Waals surface area contributed by atoms with Crippen LogP contribution in [0.15, 0.2) is 22.4 Å². The maximum Gasteiger partial charge on any atom is 0.516 e. The summed E-state index contributed by atoms with van der Waals surface area (Å²) in [5, 5.41) is 15.1. The zero-order chi connectivity index (χ0) is 26.0. The molecule has 2 aromatic rings. The van der Waals surface area contributed by atoms with Crippen LogP contribution in [0.3, 0.4) is 0 Å². The van der Waals surface area contributed by atoms with E-state index in [0.29, 0.717) is 25.1 Å². The van der Waals surface area contributed by atoms with Crippen LogP contribution in [0.2, 0.25) is 0 Å². The average Bonchev–Trinajstić information content (AvgIpc) is 3.25. The Bertz CT molecular complexity index is 1210. The highest BCUT2D eigenvalue weighted by atomic mass is 32.2. The van der Waals surface area contributed by atoms with Gasteiger partial charge in [0.2, 0.25) is 5.01 Å². The van der Waals surface area contributed by atoms with E-state index in [0.717, 1.165) is 23.3 Å². The monoisotopic (exact) mass is 534 g/mol. The van der Waals surface area contributed by atoms with Crippen LogP contribution >= 0.6 is 11.3 Å². The molecule has 35 heavy (non-hydrogen) atoms. The largest absolute Gasteiger partial charge is 0.516 e. The second kappa shape index (κ2) is 10.4. The van der Waals surface area contributed by atoms with Gasteiger partial charge in [0.25, 0.3) is 5.13 Å². The Labute approximate surface area is 204 Å². The second-order valence-corrected chi connectivity index (χ2v) is 10.8. The number of halogens is 3. The number of ether oxygens (including phenoxy) is 1. The summed E-state index contributed by atoms with van der Waals surface area (Å²) < 4.78 is 69.6. The van der Waals surface area contributed by atoms with Crippen molar-refractivity contribution in [2.75, 3.05) is 16.2 Å². The average molecular weight is 535 g/mol. The highest BCUT2D eigenvalue weighted by molar-refractivity contribution is 7.93. The van der Waals surface area contributed by atoms with Crippen molar-refractivity contribution in [1.29, 1.82) is 0 Å². The summed E-state index contributed by atoms with van der Waals surface area (Å²) in [6.07, 6.45) is 1.74. The fraction of sp³-hybridized carbons (Fsp3) is 0.550. The number of fused-ring (bicyclic) bond motifs is 1. The normalized spacial score (nSPS) is 15.4. The van der Waals surface area contributed by atoms with Crippen molar-refractivity contribution >= 4 is 49.5 Å². The standard InChI is InChI=1S/C20H25F3N6O4S2/c1-5-12(4)33-18(30)17-25-27-19(34-17)26-24-14-9-13-7-6-8-29(11(2)3)16(13)10-15(14)28-35(31,32)20(21,22)23/h9-12,28H,5-8H2,1-4H3. The van der Waals surface area contributed by atoms with Gasteiger partial charge in [-0.05, 0) is 57.7 Å². The molecule has 1 aliphatic rings. The molecular formula is C20H25F3N6O4S2. The maximum atomic E-state index is 13.1. The van der Waals surface area contributed by atoms with Gasteiger partial charge in [0.05, 0.1) is 11.8 Å². The number of carbonyl (C=O) groups is 1. The summed E-state index contributed by atoms with van der Waals surface area (Å²) in [4.78, 5) is 14.1. The predicted octanol–water partition coefficient (Wildman–Crippen LogP) is 5.33. The minimum Gasteiger partial charge on any atom is -0.457 e.